The minimum atomic E-state index is -3.85. The van der Waals surface area contributed by atoms with Gasteiger partial charge in [0.05, 0.1) is 33.3 Å². The molecule has 5 heteroatoms. The zero-order chi connectivity index (χ0) is 17.6. The summed E-state index contributed by atoms with van der Waals surface area (Å²) >= 11 is 0. The van der Waals surface area contributed by atoms with Crippen LogP contribution in [-0.2, 0) is 4.57 Å². The smallest absolute Gasteiger partial charge is 0.328 e. The summed E-state index contributed by atoms with van der Waals surface area (Å²) in [7, 11) is 0.280. The van der Waals surface area contributed by atoms with Crippen LogP contribution in [-0.4, -0.2) is 47.6 Å². The van der Waals surface area contributed by atoms with E-state index in [2.05, 4.69) is 21.0 Å². The van der Waals surface area contributed by atoms with E-state index in [0.29, 0.717) is 11.0 Å². The molecule has 0 bridgehead atoms. The first-order chi connectivity index (χ1) is 10.8. The Hall–Kier alpha value is 0.110. The van der Waals surface area contributed by atoms with E-state index in [1.165, 1.54) is 70.6 Å². The standard InChI is InChI=1S/C18H40NO3P/c1-4-5-6-7-8-9-10-11-12-13-14-15-16-19(2,3)17-18-23(20,21)22/h4-18H2,1-3H3,(H-,20,21,22)/p+1. The van der Waals surface area contributed by atoms with Crippen molar-refractivity contribution >= 4 is 7.60 Å². The van der Waals surface area contributed by atoms with Gasteiger partial charge >= 0.3 is 7.60 Å². The molecule has 0 atom stereocenters. The van der Waals surface area contributed by atoms with Crippen molar-refractivity contribution in [2.24, 2.45) is 0 Å². The maximum absolute atomic E-state index is 10.9. The predicted molar refractivity (Wildman–Crippen MR) is 99.8 cm³/mol. The highest BCUT2D eigenvalue weighted by atomic mass is 31.2. The van der Waals surface area contributed by atoms with Gasteiger partial charge in [0, 0.05) is 0 Å². The molecule has 0 aromatic carbocycles. The van der Waals surface area contributed by atoms with E-state index in [4.69, 9.17) is 9.79 Å². The van der Waals surface area contributed by atoms with Crippen molar-refractivity contribution in [3.8, 4) is 0 Å². The minimum absolute atomic E-state index is 0.00173. The highest BCUT2D eigenvalue weighted by molar-refractivity contribution is 7.51. The first-order valence-corrected chi connectivity index (χ1v) is 11.4. The fourth-order valence-electron chi connectivity index (χ4n) is 2.89. The van der Waals surface area contributed by atoms with Crippen molar-refractivity contribution in [1.29, 1.82) is 0 Å². The van der Waals surface area contributed by atoms with Crippen LogP contribution in [0.4, 0.5) is 0 Å². The molecule has 0 heterocycles. The maximum atomic E-state index is 10.9. The second-order valence-corrected chi connectivity index (χ2v) is 9.44. The van der Waals surface area contributed by atoms with Crippen molar-refractivity contribution in [2.75, 3.05) is 33.3 Å². The van der Waals surface area contributed by atoms with Gasteiger partial charge in [0.1, 0.15) is 0 Å². The molecule has 140 valence electrons. The number of quaternary nitrogens is 1. The Kier molecular flexibility index (Phi) is 13.5. The van der Waals surface area contributed by atoms with Gasteiger partial charge in [-0.15, -0.1) is 0 Å². The number of hydrogen-bond acceptors (Lipinski definition) is 1. The second kappa shape index (κ2) is 13.4. The van der Waals surface area contributed by atoms with Crippen molar-refractivity contribution in [2.45, 2.75) is 84.0 Å². The number of unbranched alkanes of at least 4 members (excludes halogenated alkanes) is 11. The first-order valence-electron chi connectivity index (χ1n) is 9.63. The molecule has 0 aliphatic heterocycles. The zero-order valence-corrected chi connectivity index (χ0v) is 16.7. The third kappa shape index (κ3) is 18.3. The lowest BCUT2D eigenvalue weighted by atomic mass is 10.1. The van der Waals surface area contributed by atoms with Gasteiger partial charge in [0.2, 0.25) is 0 Å². The first kappa shape index (κ1) is 23.1. The van der Waals surface area contributed by atoms with E-state index in [0.717, 1.165) is 13.0 Å². The molecule has 0 saturated carbocycles. The predicted octanol–water partition coefficient (Wildman–Crippen LogP) is 4.94. The van der Waals surface area contributed by atoms with Crippen LogP contribution in [0.2, 0.25) is 0 Å². The lowest BCUT2D eigenvalue weighted by molar-refractivity contribution is -0.888. The van der Waals surface area contributed by atoms with Crippen LogP contribution in [0.25, 0.3) is 0 Å². The molecule has 2 N–H and O–H groups in total. The van der Waals surface area contributed by atoms with Gasteiger partial charge in [-0.2, -0.15) is 0 Å². The van der Waals surface area contributed by atoms with E-state index in [9.17, 15) is 4.57 Å². The molecule has 0 aromatic heterocycles. The van der Waals surface area contributed by atoms with Crippen LogP contribution < -0.4 is 0 Å². The fraction of sp³-hybridized carbons (Fsp3) is 1.00. The largest absolute Gasteiger partial charge is 0.331 e. The molecule has 0 aromatic rings. The monoisotopic (exact) mass is 350 g/mol. The summed E-state index contributed by atoms with van der Waals surface area (Å²) in [6.07, 6.45) is 16.1. The van der Waals surface area contributed by atoms with Crippen LogP contribution in [0.5, 0.6) is 0 Å². The number of nitrogens with zero attached hydrogens (tertiary/aromatic N) is 1. The molecular formula is C18H41NO3P+. The molecular weight excluding hydrogens is 309 g/mol. The number of rotatable bonds is 16. The maximum Gasteiger partial charge on any atom is 0.331 e. The molecule has 0 radical (unpaired) electrons. The minimum Gasteiger partial charge on any atom is -0.328 e. The number of hydrogen-bond donors (Lipinski definition) is 2. The summed E-state index contributed by atoms with van der Waals surface area (Å²) in [5, 5.41) is 0. The molecule has 0 amide bonds. The van der Waals surface area contributed by atoms with Crippen molar-refractivity contribution < 1.29 is 18.8 Å². The van der Waals surface area contributed by atoms with Crippen molar-refractivity contribution in [1.82, 2.24) is 0 Å². The Morgan fingerprint density at radius 3 is 1.48 bits per heavy atom. The molecule has 23 heavy (non-hydrogen) atoms. The molecule has 0 saturated heterocycles. The van der Waals surface area contributed by atoms with Gasteiger partial charge in [0.15, 0.2) is 0 Å². The molecule has 0 aliphatic rings. The molecule has 0 unspecified atom stereocenters. The Labute approximate surface area is 144 Å². The third-order valence-corrected chi connectivity index (χ3v) is 5.40. The summed E-state index contributed by atoms with van der Waals surface area (Å²) in [4.78, 5) is 17.9. The highest BCUT2D eigenvalue weighted by Crippen LogP contribution is 2.34. The summed E-state index contributed by atoms with van der Waals surface area (Å²) in [5.41, 5.74) is 0. The fourth-order valence-corrected chi connectivity index (χ4v) is 3.70. The summed E-state index contributed by atoms with van der Waals surface area (Å²) in [6, 6.07) is 0. The van der Waals surface area contributed by atoms with Crippen LogP contribution in [0.3, 0.4) is 0 Å². The van der Waals surface area contributed by atoms with Gasteiger partial charge in [-0.05, 0) is 12.8 Å². The average molecular weight is 351 g/mol. The lowest BCUT2D eigenvalue weighted by Crippen LogP contribution is -2.42. The van der Waals surface area contributed by atoms with E-state index in [1.807, 2.05) is 0 Å². The highest BCUT2D eigenvalue weighted by Gasteiger charge is 2.21. The van der Waals surface area contributed by atoms with Crippen molar-refractivity contribution in [3.05, 3.63) is 0 Å². The summed E-state index contributed by atoms with van der Waals surface area (Å²) in [5.74, 6) is 0. The molecule has 4 nitrogen and oxygen atoms in total. The molecule has 0 spiro atoms. The SMILES string of the molecule is CCCCCCCCCCCCCC[N+](C)(C)CCP(=O)(O)O. The van der Waals surface area contributed by atoms with E-state index < -0.39 is 7.60 Å². The van der Waals surface area contributed by atoms with Crippen molar-refractivity contribution in [3.63, 3.8) is 0 Å². The zero-order valence-electron chi connectivity index (χ0n) is 15.8. The van der Waals surface area contributed by atoms with Gasteiger partial charge in [-0.25, -0.2) is 0 Å². The Morgan fingerprint density at radius 2 is 1.09 bits per heavy atom. The Morgan fingerprint density at radius 1 is 0.696 bits per heavy atom. The van der Waals surface area contributed by atoms with E-state index in [1.54, 1.807) is 0 Å². The average Bonchev–Trinajstić information content (AvgIpc) is 2.46. The Balaban J connectivity index is 3.36. The third-order valence-electron chi connectivity index (χ3n) is 4.61. The van der Waals surface area contributed by atoms with Gasteiger partial charge in [0.25, 0.3) is 0 Å². The van der Waals surface area contributed by atoms with Gasteiger partial charge < -0.3 is 14.3 Å². The summed E-state index contributed by atoms with van der Waals surface area (Å²) in [6.45, 7) is 3.83. The van der Waals surface area contributed by atoms with Crippen LogP contribution in [0, 0.1) is 0 Å². The second-order valence-electron chi connectivity index (χ2n) is 7.66. The van der Waals surface area contributed by atoms with E-state index >= 15 is 0 Å². The molecule has 0 rings (SSSR count). The topological polar surface area (TPSA) is 57.5 Å². The van der Waals surface area contributed by atoms with Gasteiger partial charge in [-0.1, -0.05) is 71.1 Å². The Bertz CT molecular complexity index is 315. The van der Waals surface area contributed by atoms with Crippen LogP contribution in [0.15, 0.2) is 0 Å². The molecule has 0 aliphatic carbocycles. The lowest BCUT2D eigenvalue weighted by Gasteiger charge is -2.29. The summed E-state index contributed by atoms with van der Waals surface area (Å²) < 4.78 is 11.6. The normalized spacial score (nSPS) is 12.7. The van der Waals surface area contributed by atoms with E-state index in [-0.39, 0.29) is 6.16 Å². The van der Waals surface area contributed by atoms with Crippen LogP contribution >= 0.6 is 7.60 Å². The molecule has 0 fully saturated rings. The van der Waals surface area contributed by atoms with Crippen LogP contribution in [0.1, 0.15) is 84.0 Å². The van der Waals surface area contributed by atoms with Gasteiger partial charge in [-0.3, -0.25) is 4.57 Å². The quantitative estimate of drug-likeness (QED) is 0.235.